The largest absolute Gasteiger partial charge is 0.352 e. The normalized spacial score (nSPS) is 18.8. The first-order chi connectivity index (χ1) is 6.13. The minimum absolute atomic E-state index is 0.145. The second-order valence-electron chi connectivity index (χ2n) is 4.30. The number of rotatable bonds is 5. The maximum Gasteiger partial charge on any atom is 0.220 e. The molecule has 0 radical (unpaired) electrons. The van der Waals surface area contributed by atoms with E-state index in [4.69, 9.17) is 5.73 Å². The van der Waals surface area contributed by atoms with E-state index in [9.17, 15) is 4.79 Å². The summed E-state index contributed by atoms with van der Waals surface area (Å²) in [6, 6.07) is 0.145. The molecule has 76 valence electrons. The van der Waals surface area contributed by atoms with Crippen molar-refractivity contribution in [1.82, 2.24) is 5.32 Å². The van der Waals surface area contributed by atoms with Crippen molar-refractivity contribution in [3.05, 3.63) is 0 Å². The molecule has 3 nitrogen and oxygen atoms in total. The molecule has 1 aliphatic carbocycles. The Balaban J connectivity index is 2.22. The van der Waals surface area contributed by atoms with Crippen LogP contribution in [-0.2, 0) is 4.79 Å². The van der Waals surface area contributed by atoms with Gasteiger partial charge in [-0.15, -0.1) is 0 Å². The van der Waals surface area contributed by atoms with Crippen molar-refractivity contribution in [3.8, 4) is 0 Å². The number of carbonyl (C=O) groups excluding carboxylic acids is 1. The lowest BCUT2D eigenvalue weighted by Crippen LogP contribution is -2.43. The molecule has 1 unspecified atom stereocenters. The maximum absolute atomic E-state index is 11.4. The Morgan fingerprint density at radius 2 is 2.15 bits per heavy atom. The first kappa shape index (κ1) is 10.5. The summed E-state index contributed by atoms with van der Waals surface area (Å²) >= 11 is 0. The number of nitrogens with one attached hydrogen (secondary N) is 1. The number of amides is 1. The molecular formula is C10H20N2O. The number of hydrogen-bond acceptors (Lipinski definition) is 2. The molecule has 0 spiro atoms. The van der Waals surface area contributed by atoms with Gasteiger partial charge in [-0.3, -0.25) is 4.79 Å². The van der Waals surface area contributed by atoms with Gasteiger partial charge in [0.1, 0.15) is 0 Å². The van der Waals surface area contributed by atoms with Gasteiger partial charge in [-0.05, 0) is 24.7 Å². The lowest BCUT2D eigenvalue weighted by Gasteiger charge is -2.20. The van der Waals surface area contributed by atoms with Gasteiger partial charge in [0.05, 0.1) is 0 Å². The predicted octanol–water partition coefficient (Wildman–Crippen LogP) is 0.886. The maximum atomic E-state index is 11.4. The Kier molecular flexibility index (Phi) is 3.72. The van der Waals surface area contributed by atoms with Crippen molar-refractivity contribution in [1.29, 1.82) is 0 Å². The zero-order valence-corrected chi connectivity index (χ0v) is 8.55. The van der Waals surface area contributed by atoms with E-state index >= 15 is 0 Å². The summed E-state index contributed by atoms with van der Waals surface area (Å²) in [6.07, 6.45) is 3.15. The Morgan fingerprint density at radius 1 is 1.54 bits per heavy atom. The third kappa shape index (κ3) is 3.77. The van der Waals surface area contributed by atoms with Crippen LogP contribution in [0, 0.1) is 11.8 Å². The third-order valence-corrected chi connectivity index (χ3v) is 2.58. The average Bonchev–Trinajstić information content (AvgIpc) is 2.83. The molecule has 1 aliphatic rings. The molecule has 13 heavy (non-hydrogen) atoms. The highest BCUT2D eigenvalue weighted by atomic mass is 16.1. The van der Waals surface area contributed by atoms with Crippen LogP contribution in [0.5, 0.6) is 0 Å². The first-order valence-corrected chi connectivity index (χ1v) is 5.13. The lowest BCUT2D eigenvalue weighted by molar-refractivity contribution is -0.122. The standard InChI is InChI=1S/C10H20N2O/c1-7(2)9(6-11)12-10(13)5-8-3-4-8/h7-9H,3-6,11H2,1-2H3,(H,12,13). The first-order valence-electron chi connectivity index (χ1n) is 5.13. The van der Waals surface area contributed by atoms with Gasteiger partial charge in [0.2, 0.25) is 5.91 Å². The molecule has 1 rings (SSSR count). The van der Waals surface area contributed by atoms with Gasteiger partial charge >= 0.3 is 0 Å². The van der Waals surface area contributed by atoms with E-state index in [1.807, 2.05) is 0 Å². The molecule has 0 aromatic carbocycles. The summed E-state index contributed by atoms with van der Waals surface area (Å²) in [4.78, 5) is 11.4. The number of nitrogens with two attached hydrogens (primary N) is 1. The predicted molar refractivity (Wildman–Crippen MR) is 53.2 cm³/mol. The van der Waals surface area contributed by atoms with E-state index in [0.29, 0.717) is 24.8 Å². The van der Waals surface area contributed by atoms with E-state index in [2.05, 4.69) is 19.2 Å². The van der Waals surface area contributed by atoms with Crippen LogP contribution in [0.1, 0.15) is 33.1 Å². The summed E-state index contributed by atoms with van der Waals surface area (Å²) in [5.41, 5.74) is 5.55. The molecule has 1 saturated carbocycles. The SMILES string of the molecule is CC(C)C(CN)NC(=O)CC1CC1. The lowest BCUT2D eigenvalue weighted by atomic mass is 10.0. The molecule has 0 saturated heterocycles. The van der Waals surface area contributed by atoms with Crippen LogP contribution in [0.2, 0.25) is 0 Å². The van der Waals surface area contributed by atoms with Gasteiger partial charge in [0.25, 0.3) is 0 Å². The van der Waals surface area contributed by atoms with E-state index in [1.165, 1.54) is 12.8 Å². The topological polar surface area (TPSA) is 55.1 Å². The van der Waals surface area contributed by atoms with Crippen LogP contribution in [0.3, 0.4) is 0 Å². The quantitative estimate of drug-likeness (QED) is 0.666. The molecular weight excluding hydrogens is 164 g/mol. The summed E-state index contributed by atoms with van der Waals surface area (Å²) in [5, 5.41) is 2.97. The van der Waals surface area contributed by atoms with E-state index in [-0.39, 0.29) is 11.9 Å². The van der Waals surface area contributed by atoms with Crippen molar-refractivity contribution >= 4 is 5.91 Å². The second kappa shape index (κ2) is 4.61. The molecule has 0 bridgehead atoms. The van der Waals surface area contributed by atoms with Crippen molar-refractivity contribution < 1.29 is 4.79 Å². The smallest absolute Gasteiger partial charge is 0.220 e. The van der Waals surface area contributed by atoms with Crippen LogP contribution in [-0.4, -0.2) is 18.5 Å². The zero-order valence-electron chi connectivity index (χ0n) is 8.55. The van der Waals surface area contributed by atoms with Crippen LogP contribution in [0.25, 0.3) is 0 Å². The molecule has 0 aromatic heterocycles. The van der Waals surface area contributed by atoms with Crippen LogP contribution >= 0.6 is 0 Å². The third-order valence-electron chi connectivity index (χ3n) is 2.58. The number of hydrogen-bond donors (Lipinski definition) is 2. The molecule has 1 amide bonds. The van der Waals surface area contributed by atoms with Gasteiger partial charge < -0.3 is 11.1 Å². The summed E-state index contributed by atoms with van der Waals surface area (Å²) in [5.74, 6) is 1.25. The van der Waals surface area contributed by atoms with Crippen molar-refractivity contribution in [2.75, 3.05) is 6.54 Å². The zero-order chi connectivity index (χ0) is 9.84. The second-order valence-corrected chi connectivity index (χ2v) is 4.30. The monoisotopic (exact) mass is 184 g/mol. The fourth-order valence-electron chi connectivity index (χ4n) is 1.35. The molecule has 0 aliphatic heterocycles. The Hall–Kier alpha value is -0.570. The molecule has 3 N–H and O–H groups in total. The molecule has 3 heteroatoms. The molecule has 1 fully saturated rings. The van der Waals surface area contributed by atoms with Crippen LogP contribution in [0.4, 0.5) is 0 Å². The van der Waals surface area contributed by atoms with Crippen LogP contribution < -0.4 is 11.1 Å². The van der Waals surface area contributed by atoms with Crippen LogP contribution in [0.15, 0.2) is 0 Å². The van der Waals surface area contributed by atoms with Gasteiger partial charge in [-0.1, -0.05) is 13.8 Å². The van der Waals surface area contributed by atoms with Gasteiger partial charge in [-0.2, -0.15) is 0 Å². The van der Waals surface area contributed by atoms with Crippen molar-refractivity contribution in [3.63, 3.8) is 0 Å². The minimum Gasteiger partial charge on any atom is -0.352 e. The number of carbonyl (C=O) groups is 1. The van der Waals surface area contributed by atoms with E-state index in [1.54, 1.807) is 0 Å². The minimum atomic E-state index is 0.145. The summed E-state index contributed by atoms with van der Waals surface area (Å²) in [6.45, 7) is 4.69. The van der Waals surface area contributed by atoms with E-state index in [0.717, 1.165) is 0 Å². The Morgan fingerprint density at radius 3 is 2.54 bits per heavy atom. The fourth-order valence-corrected chi connectivity index (χ4v) is 1.35. The van der Waals surface area contributed by atoms with Gasteiger partial charge in [-0.25, -0.2) is 0 Å². The molecule has 0 aromatic rings. The Bertz CT molecular complexity index is 176. The highest BCUT2D eigenvalue weighted by Gasteiger charge is 2.25. The van der Waals surface area contributed by atoms with Gasteiger partial charge in [0.15, 0.2) is 0 Å². The van der Waals surface area contributed by atoms with Crippen molar-refractivity contribution in [2.45, 2.75) is 39.2 Å². The fraction of sp³-hybridized carbons (Fsp3) is 0.900. The average molecular weight is 184 g/mol. The summed E-state index contributed by atoms with van der Waals surface area (Å²) in [7, 11) is 0. The highest BCUT2D eigenvalue weighted by Crippen LogP contribution is 2.32. The Labute approximate surface area is 80.1 Å². The van der Waals surface area contributed by atoms with Crippen molar-refractivity contribution in [2.24, 2.45) is 17.6 Å². The highest BCUT2D eigenvalue weighted by molar-refractivity contribution is 5.76. The summed E-state index contributed by atoms with van der Waals surface area (Å²) < 4.78 is 0. The molecule has 1 atom stereocenters. The molecule has 0 heterocycles. The van der Waals surface area contributed by atoms with Gasteiger partial charge in [0, 0.05) is 19.0 Å². The van der Waals surface area contributed by atoms with E-state index < -0.39 is 0 Å².